The molecule has 0 amide bonds. The predicted molar refractivity (Wildman–Crippen MR) is 88.1 cm³/mol. The van der Waals surface area contributed by atoms with E-state index in [2.05, 4.69) is 27.9 Å². The summed E-state index contributed by atoms with van der Waals surface area (Å²) in [4.78, 5) is 9.26. The average Bonchev–Trinajstić information content (AvgIpc) is 3.04. The third-order valence-corrected chi connectivity index (χ3v) is 5.43. The summed E-state index contributed by atoms with van der Waals surface area (Å²) in [6, 6.07) is 6.21. The minimum absolute atomic E-state index is 0.155. The van der Waals surface area contributed by atoms with Crippen molar-refractivity contribution in [1.82, 2.24) is 14.4 Å². The summed E-state index contributed by atoms with van der Waals surface area (Å²) in [7, 11) is 0. The monoisotopic (exact) mass is 318 g/mol. The minimum Gasteiger partial charge on any atom is -0.327 e. The number of fused-ring (bicyclic) bond motifs is 1. The van der Waals surface area contributed by atoms with Gasteiger partial charge in [0.05, 0.1) is 5.69 Å². The highest BCUT2D eigenvalue weighted by atomic mass is 32.2. The van der Waals surface area contributed by atoms with Crippen molar-refractivity contribution in [2.24, 2.45) is 5.73 Å². The van der Waals surface area contributed by atoms with Crippen molar-refractivity contribution in [2.45, 2.75) is 42.1 Å². The van der Waals surface area contributed by atoms with Gasteiger partial charge in [0.1, 0.15) is 10.7 Å². The van der Waals surface area contributed by atoms with Gasteiger partial charge in [0.25, 0.3) is 0 Å². The molecule has 0 aliphatic heterocycles. The van der Waals surface area contributed by atoms with Crippen molar-refractivity contribution >= 4 is 28.7 Å². The molecule has 3 rings (SSSR count). The number of aromatic nitrogens is 3. The molecule has 3 aromatic rings. The molecule has 1 unspecified atom stereocenters. The molecule has 0 saturated carbocycles. The highest BCUT2D eigenvalue weighted by Crippen LogP contribution is 2.33. The largest absolute Gasteiger partial charge is 0.327 e. The molecule has 21 heavy (non-hydrogen) atoms. The van der Waals surface area contributed by atoms with Crippen LogP contribution in [0.4, 0.5) is 0 Å². The Balaban J connectivity index is 2.01. The van der Waals surface area contributed by atoms with Crippen LogP contribution in [0.5, 0.6) is 0 Å². The number of hydrogen-bond acceptors (Lipinski definition) is 5. The maximum absolute atomic E-state index is 6.16. The lowest BCUT2D eigenvalue weighted by molar-refractivity contribution is 0.627. The molecule has 1 atom stereocenters. The van der Waals surface area contributed by atoms with Gasteiger partial charge in [-0.1, -0.05) is 13.0 Å². The first kappa shape index (κ1) is 14.6. The zero-order valence-electron chi connectivity index (χ0n) is 12.1. The molecular formula is C15H18N4S2. The third kappa shape index (κ3) is 3.12. The van der Waals surface area contributed by atoms with Gasteiger partial charge in [-0.2, -0.15) is 0 Å². The Bertz CT molecular complexity index is 747. The number of rotatable bonds is 5. The summed E-state index contributed by atoms with van der Waals surface area (Å²) in [6.07, 6.45) is 3.84. The second-order valence-electron chi connectivity index (χ2n) is 5.02. The van der Waals surface area contributed by atoms with Gasteiger partial charge in [-0.25, -0.2) is 9.97 Å². The minimum atomic E-state index is 0.155. The molecule has 0 aliphatic rings. The quantitative estimate of drug-likeness (QED) is 0.782. The number of hydrogen-bond donors (Lipinski definition) is 1. The van der Waals surface area contributed by atoms with Gasteiger partial charge >= 0.3 is 0 Å². The van der Waals surface area contributed by atoms with Gasteiger partial charge in [0.2, 0.25) is 0 Å². The van der Waals surface area contributed by atoms with E-state index in [-0.39, 0.29) is 6.04 Å². The maximum Gasteiger partial charge on any atom is 0.156 e. The third-order valence-electron chi connectivity index (χ3n) is 3.35. The summed E-state index contributed by atoms with van der Waals surface area (Å²) in [5, 5.41) is 3.08. The Morgan fingerprint density at radius 2 is 2.24 bits per heavy atom. The van der Waals surface area contributed by atoms with E-state index in [9.17, 15) is 0 Å². The molecule has 2 N–H and O–H groups in total. The van der Waals surface area contributed by atoms with Gasteiger partial charge in [-0.05, 0) is 37.2 Å². The van der Waals surface area contributed by atoms with E-state index in [1.807, 2.05) is 25.1 Å². The fourth-order valence-electron chi connectivity index (χ4n) is 2.15. The smallest absolute Gasteiger partial charge is 0.156 e. The van der Waals surface area contributed by atoms with Crippen LogP contribution >= 0.6 is 23.1 Å². The SMILES string of the molecule is CCC(N)Cc1c(Sc2nc(C)cs2)nc2ccccn12. The molecule has 0 radical (unpaired) electrons. The van der Waals surface area contributed by atoms with Crippen LogP contribution in [-0.2, 0) is 6.42 Å². The lowest BCUT2D eigenvalue weighted by atomic mass is 10.1. The van der Waals surface area contributed by atoms with Gasteiger partial charge in [0.15, 0.2) is 4.34 Å². The Kier molecular flexibility index (Phi) is 4.28. The molecular weight excluding hydrogens is 300 g/mol. The summed E-state index contributed by atoms with van der Waals surface area (Å²) in [5.41, 5.74) is 9.35. The summed E-state index contributed by atoms with van der Waals surface area (Å²) < 4.78 is 3.17. The van der Waals surface area contributed by atoms with E-state index in [0.29, 0.717) is 0 Å². The lowest BCUT2D eigenvalue weighted by Gasteiger charge is -2.09. The first-order valence-corrected chi connectivity index (χ1v) is 8.68. The van der Waals surface area contributed by atoms with E-state index < -0.39 is 0 Å². The fourth-order valence-corrected chi connectivity index (χ4v) is 4.04. The summed E-state index contributed by atoms with van der Waals surface area (Å²) >= 11 is 3.29. The lowest BCUT2D eigenvalue weighted by Crippen LogP contribution is -2.22. The first-order valence-electron chi connectivity index (χ1n) is 6.99. The van der Waals surface area contributed by atoms with E-state index in [0.717, 1.165) is 33.5 Å². The number of aryl methyl sites for hydroxylation is 1. The topological polar surface area (TPSA) is 56.2 Å². The Hall–Kier alpha value is -1.37. The molecule has 0 fully saturated rings. The van der Waals surface area contributed by atoms with Gasteiger partial charge in [0, 0.05) is 29.7 Å². The highest BCUT2D eigenvalue weighted by molar-refractivity contribution is 8.01. The molecule has 0 bridgehead atoms. The van der Waals surface area contributed by atoms with E-state index in [1.165, 1.54) is 5.69 Å². The Labute approximate surface area is 132 Å². The zero-order chi connectivity index (χ0) is 14.8. The van der Waals surface area contributed by atoms with Gasteiger partial charge < -0.3 is 10.1 Å². The normalized spacial score (nSPS) is 12.9. The van der Waals surface area contributed by atoms with Gasteiger partial charge in [-0.3, -0.25) is 0 Å². The van der Waals surface area contributed by atoms with Crippen LogP contribution in [0.25, 0.3) is 5.65 Å². The Morgan fingerprint density at radius 1 is 1.38 bits per heavy atom. The summed E-state index contributed by atoms with van der Waals surface area (Å²) in [6.45, 7) is 4.13. The number of imidazole rings is 1. The second kappa shape index (κ2) is 6.17. The molecule has 110 valence electrons. The molecule has 4 nitrogen and oxygen atoms in total. The van der Waals surface area contributed by atoms with Crippen LogP contribution in [-0.4, -0.2) is 20.4 Å². The summed E-state index contributed by atoms with van der Waals surface area (Å²) in [5.74, 6) is 0. The number of nitrogens with two attached hydrogens (primary N) is 1. The average molecular weight is 318 g/mol. The van der Waals surface area contributed by atoms with Crippen LogP contribution < -0.4 is 5.73 Å². The van der Waals surface area contributed by atoms with Crippen molar-refractivity contribution in [3.63, 3.8) is 0 Å². The van der Waals surface area contributed by atoms with Crippen LogP contribution in [0.2, 0.25) is 0 Å². The molecule has 3 aromatic heterocycles. The fraction of sp³-hybridized carbons (Fsp3) is 0.333. The van der Waals surface area contributed by atoms with E-state index in [1.54, 1.807) is 23.1 Å². The van der Waals surface area contributed by atoms with Crippen molar-refractivity contribution in [2.75, 3.05) is 0 Å². The highest BCUT2D eigenvalue weighted by Gasteiger charge is 2.16. The van der Waals surface area contributed by atoms with Crippen LogP contribution in [0, 0.1) is 6.92 Å². The standard InChI is InChI=1S/C15H18N4S2/c1-3-11(16)8-12-14(21-15-17-10(2)9-20-15)18-13-6-4-5-7-19(12)13/h4-7,9,11H,3,8,16H2,1-2H3. The zero-order valence-corrected chi connectivity index (χ0v) is 13.7. The van der Waals surface area contributed by atoms with Crippen molar-refractivity contribution in [3.05, 3.63) is 41.2 Å². The molecule has 0 spiro atoms. The Morgan fingerprint density at radius 3 is 2.95 bits per heavy atom. The number of thiazole rings is 1. The maximum atomic E-state index is 6.16. The molecule has 0 aromatic carbocycles. The first-order chi connectivity index (χ1) is 10.2. The van der Waals surface area contributed by atoms with Crippen molar-refractivity contribution in [1.29, 1.82) is 0 Å². The van der Waals surface area contributed by atoms with E-state index >= 15 is 0 Å². The van der Waals surface area contributed by atoms with Crippen LogP contribution in [0.3, 0.4) is 0 Å². The molecule has 0 saturated heterocycles. The number of pyridine rings is 1. The van der Waals surface area contributed by atoms with Crippen LogP contribution in [0.1, 0.15) is 24.7 Å². The van der Waals surface area contributed by atoms with E-state index in [4.69, 9.17) is 10.7 Å². The molecule has 3 heterocycles. The predicted octanol–water partition coefficient (Wildman–Crippen LogP) is 3.53. The second-order valence-corrected chi connectivity index (χ2v) is 7.12. The van der Waals surface area contributed by atoms with Crippen molar-refractivity contribution < 1.29 is 0 Å². The number of nitrogens with zero attached hydrogens (tertiary/aromatic N) is 3. The molecule has 6 heteroatoms. The van der Waals surface area contributed by atoms with Crippen molar-refractivity contribution in [3.8, 4) is 0 Å². The molecule has 0 aliphatic carbocycles. The van der Waals surface area contributed by atoms with Crippen LogP contribution in [0.15, 0.2) is 39.1 Å². The van der Waals surface area contributed by atoms with Gasteiger partial charge in [-0.15, -0.1) is 11.3 Å².